The van der Waals surface area contributed by atoms with Gasteiger partial charge in [-0.3, -0.25) is 0 Å². The summed E-state index contributed by atoms with van der Waals surface area (Å²) in [5.74, 6) is 0.861. The van der Waals surface area contributed by atoms with Crippen molar-refractivity contribution in [3.63, 3.8) is 0 Å². The first-order valence-electron chi connectivity index (χ1n) is 9.00. The number of para-hydroxylation sites is 1. The highest BCUT2D eigenvalue weighted by molar-refractivity contribution is 6.30. The third-order valence-corrected chi connectivity index (χ3v) is 5.14. The van der Waals surface area contributed by atoms with Crippen LogP contribution in [0.3, 0.4) is 0 Å². The Kier molecular flexibility index (Phi) is 6.42. The molecule has 2 N–H and O–H groups in total. The molecule has 0 bridgehead atoms. The van der Waals surface area contributed by atoms with Gasteiger partial charge in [0.15, 0.2) is 0 Å². The standard InChI is InChI=1S/C21H22ClN3O.ClH/c22-16-7-5-15(6-8-16)14-23-21-13-20(25-11-9-17(26)10-12-25)18-3-1-2-4-19(18)24-21;/h1-8,13,17,26H,9-12,14H2,(H,23,24);1H. The summed E-state index contributed by atoms with van der Waals surface area (Å²) in [5.41, 5.74) is 3.32. The number of pyridine rings is 1. The molecule has 6 heteroatoms. The van der Waals surface area contributed by atoms with E-state index in [1.165, 1.54) is 5.69 Å². The van der Waals surface area contributed by atoms with Gasteiger partial charge in [0.1, 0.15) is 5.82 Å². The molecular formula is C21H23Cl2N3O. The second kappa shape index (κ2) is 8.79. The summed E-state index contributed by atoms with van der Waals surface area (Å²) in [5, 5.41) is 15.1. The zero-order chi connectivity index (χ0) is 17.9. The summed E-state index contributed by atoms with van der Waals surface area (Å²) in [7, 11) is 0. The van der Waals surface area contributed by atoms with E-state index in [-0.39, 0.29) is 18.5 Å². The van der Waals surface area contributed by atoms with Crippen molar-refractivity contribution < 1.29 is 5.11 Å². The summed E-state index contributed by atoms with van der Waals surface area (Å²) in [4.78, 5) is 7.12. The van der Waals surface area contributed by atoms with Crippen LogP contribution in [0.1, 0.15) is 18.4 Å². The van der Waals surface area contributed by atoms with Crippen molar-refractivity contribution in [3.8, 4) is 0 Å². The molecule has 0 amide bonds. The lowest BCUT2D eigenvalue weighted by Gasteiger charge is -2.32. The molecule has 0 unspecified atom stereocenters. The van der Waals surface area contributed by atoms with Crippen molar-refractivity contribution >= 4 is 46.4 Å². The van der Waals surface area contributed by atoms with Gasteiger partial charge in [0.25, 0.3) is 0 Å². The van der Waals surface area contributed by atoms with Gasteiger partial charge in [-0.2, -0.15) is 0 Å². The molecule has 0 atom stereocenters. The Morgan fingerprint density at radius 2 is 1.78 bits per heavy atom. The minimum absolute atomic E-state index is 0. The second-order valence-corrected chi connectivity index (χ2v) is 7.18. The number of rotatable bonds is 4. The fourth-order valence-electron chi connectivity index (χ4n) is 3.41. The lowest BCUT2D eigenvalue weighted by molar-refractivity contribution is 0.145. The number of halogens is 2. The van der Waals surface area contributed by atoms with E-state index in [0.29, 0.717) is 6.54 Å². The number of hydrogen-bond donors (Lipinski definition) is 2. The van der Waals surface area contributed by atoms with Crippen LogP contribution in [0.15, 0.2) is 54.6 Å². The second-order valence-electron chi connectivity index (χ2n) is 6.74. The van der Waals surface area contributed by atoms with Crippen molar-refractivity contribution in [2.45, 2.75) is 25.5 Å². The molecule has 0 aliphatic carbocycles. The number of aromatic nitrogens is 1. The first-order chi connectivity index (χ1) is 12.7. The van der Waals surface area contributed by atoms with Gasteiger partial charge in [-0.15, -0.1) is 12.4 Å². The summed E-state index contributed by atoms with van der Waals surface area (Å²) in [6, 6.07) is 18.2. The third-order valence-electron chi connectivity index (χ3n) is 4.89. The van der Waals surface area contributed by atoms with E-state index >= 15 is 0 Å². The molecule has 1 saturated heterocycles. The lowest BCUT2D eigenvalue weighted by Crippen LogP contribution is -2.36. The number of aliphatic hydroxyl groups is 1. The van der Waals surface area contributed by atoms with Crippen LogP contribution in [-0.2, 0) is 6.54 Å². The number of nitrogens with one attached hydrogen (secondary N) is 1. The molecular weight excluding hydrogens is 381 g/mol. The number of anilines is 2. The zero-order valence-electron chi connectivity index (χ0n) is 14.9. The monoisotopic (exact) mass is 403 g/mol. The Balaban J connectivity index is 0.00000210. The molecule has 142 valence electrons. The Labute approximate surface area is 170 Å². The minimum atomic E-state index is -0.179. The van der Waals surface area contributed by atoms with E-state index in [1.54, 1.807) is 0 Å². The average Bonchev–Trinajstić information content (AvgIpc) is 2.67. The molecule has 0 saturated carbocycles. The van der Waals surface area contributed by atoms with Crippen molar-refractivity contribution in [1.82, 2.24) is 4.98 Å². The number of hydrogen-bond acceptors (Lipinski definition) is 4. The van der Waals surface area contributed by atoms with E-state index in [9.17, 15) is 5.11 Å². The topological polar surface area (TPSA) is 48.4 Å². The summed E-state index contributed by atoms with van der Waals surface area (Å²) in [6.45, 7) is 2.43. The van der Waals surface area contributed by atoms with Crippen LogP contribution in [0, 0.1) is 0 Å². The lowest BCUT2D eigenvalue weighted by atomic mass is 10.1. The van der Waals surface area contributed by atoms with Crippen LogP contribution in [0.25, 0.3) is 10.9 Å². The fourth-order valence-corrected chi connectivity index (χ4v) is 3.54. The van der Waals surface area contributed by atoms with Crippen LogP contribution in [-0.4, -0.2) is 29.3 Å². The minimum Gasteiger partial charge on any atom is -0.393 e. The highest BCUT2D eigenvalue weighted by Gasteiger charge is 2.19. The van der Waals surface area contributed by atoms with Crippen LogP contribution in [0.4, 0.5) is 11.5 Å². The maximum atomic E-state index is 9.81. The van der Waals surface area contributed by atoms with Gasteiger partial charge in [-0.1, -0.05) is 41.9 Å². The number of piperidine rings is 1. The van der Waals surface area contributed by atoms with Crippen molar-refractivity contribution in [2.75, 3.05) is 23.3 Å². The molecule has 1 aromatic heterocycles. The average molecular weight is 404 g/mol. The van der Waals surface area contributed by atoms with Crippen molar-refractivity contribution in [2.24, 2.45) is 0 Å². The Morgan fingerprint density at radius 1 is 1.07 bits per heavy atom. The van der Waals surface area contributed by atoms with Crippen molar-refractivity contribution in [3.05, 3.63) is 65.2 Å². The van der Waals surface area contributed by atoms with E-state index in [0.717, 1.165) is 53.2 Å². The van der Waals surface area contributed by atoms with Gasteiger partial charge in [0.05, 0.1) is 11.6 Å². The van der Waals surface area contributed by atoms with Crippen molar-refractivity contribution in [1.29, 1.82) is 0 Å². The molecule has 2 heterocycles. The molecule has 4 nitrogen and oxygen atoms in total. The highest BCUT2D eigenvalue weighted by Crippen LogP contribution is 2.31. The molecule has 1 aliphatic heterocycles. The Bertz CT molecular complexity index is 894. The first-order valence-corrected chi connectivity index (χ1v) is 9.38. The molecule has 4 rings (SSSR count). The summed E-state index contributed by atoms with van der Waals surface area (Å²) < 4.78 is 0. The Hall–Kier alpha value is -2.01. The van der Waals surface area contributed by atoms with Gasteiger partial charge in [0, 0.05) is 41.8 Å². The highest BCUT2D eigenvalue weighted by atomic mass is 35.5. The third kappa shape index (κ3) is 4.64. The largest absolute Gasteiger partial charge is 0.393 e. The maximum absolute atomic E-state index is 9.81. The fraction of sp³-hybridized carbons (Fsp3) is 0.286. The molecule has 2 aromatic carbocycles. The number of aliphatic hydroxyl groups excluding tert-OH is 1. The van der Waals surface area contributed by atoms with Gasteiger partial charge < -0.3 is 15.3 Å². The normalized spacial score (nSPS) is 14.8. The number of benzene rings is 2. The van der Waals surface area contributed by atoms with Crippen LogP contribution >= 0.6 is 24.0 Å². The predicted octanol–water partition coefficient (Wildman–Crippen LogP) is 4.88. The van der Waals surface area contributed by atoms with E-state index in [1.807, 2.05) is 42.5 Å². The molecule has 1 aliphatic rings. The van der Waals surface area contributed by atoms with Gasteiger partial charge in [-0.05, 0) is 36.6 Å². The van der Waals surface area contributed by atoms with E-state index in [2.05, 4.69) is 22.3 Å². The molecule has 0 radical (unpaired) electrons. The van der Waals surface area contributed by atoms with E-state index in [4.69, 9.17) is 16.6 Å². The van der Waals surface area contributed by atoms with Gasteiger partial charge in [-0.25, -0.2) is 4.98 Å². The smallest absolute Gasteiger partial charge is 0.129 e. The van der Waals surface area contributed by atoms with Crippen LogP contribution < -0.4 is 10.2 Å². The molecule has 27 heavy (non-hydrogen) atoms. The molecule has 3 aromatic rings. The maximum Gasteiger partial charge on any atom is 0.129 e. The predicted molar refractivity (Wildman–Crippen MR) is 115 cm³/mol. The molecule has 0 spiro atoms. The summed E-state index contributed by atoms with van der Waals surface area (Å²) in [6.07, 6.45) is 1.44. The van der Waals surface area contributed by atoms with Crippen LogP contribution in [0.5, 0.6) is 0 Å². The number of fused-ring (bicyclic) bond motifs is 1. The summed E-state index contributed by atoms with van der Waals surface area (Å²) >= 11 is 5.96. The van der Waals surface area contributed by atoms with Crippen LogP contribution in [0.2, 0.25) is 5.02 Å². The number of nitrogens with zero attached hydrogens (tertiary/aromatic N) is 2. The SMILES string of the molecule is Cl.OC1CCN(c2cc(NCc3ccc(Cl)cc3)nc3ccccc23)CC1. The Morgan fingerprint density at radius 3 is 2.52 bits per heavy atom. The first kappa shape index (κ1) is 19.7. The van der Waals surface area contributed by atoms with Gasteiger partial charge >= 0.3 is 0 Å². The quantitative estimate of drug-likeness (QED) is 0.651. The van der Waals surface area contributed by atoms with Gasteiger partial charge in [0.2, 0.25) is 0 Å². The molecule has 1 fully saturated rings. The zero-order valence-corrected chi connectivity index (χ0v) is 16.5. The van der Waals surface area contributed by atoms with E-state index < -0.39 is 0 Å².